The normalized spacial score (nSPS) is 11.1. The van der Waals surface area contributed by atoms with Gasteiger partial charge in [-0.1, -0.05) is 0 Å². The summed E-state index contributed by atoms with van der Waals surface area (Å²) in [6.07, 6.45) is 5.74. The molecule has 0 saturated heterocycles. The fourth-order valence-electron chi connectivity index (χ4n) is 1.08. The van der Waals surface area contributed by atoms with E-state index in [1.807, 2.05) is 31.1 Å². The van der Waals surface area contributed by atoms with Crippen molar-refractivity contribution in [3.63, 3.8) is 0 Å². The van der Waals surface area contributed by atoms with Crippen molar-refractivity contribution in [1.29, 1.82) is 0 Å². The van der Waals surface area contributed by atoms with Gasteiger partial charge in [-0.05, 0) is 12.1 Å². The molecule has 0 amide bonds. The lowest BCUT2D eigenvalue weighted by Crippen LogP contribution is -2.10. The van der Waals surface area contributed by atoms with Crippen LogP contribution in [-0.4, -0.2) is 30.3 Å². The Morgan fingerprint density at radius 2 is 2.31 bits per heavy atom. The van der Waals surface area contributed by atoms with Crippen LogP contribution in [0.15, 0.2) is 30.6 Å². The Hall–Kier alpha value is -1.64. The van der Waals surface area contributed by atoms with Crippen LogP contribution < -0.4 is 0 Å². The lowest BCUT2D eigenvalue weighted by Gasteiger charge is -2.15. The van der Waals surface area contributed by atoms with Crippen molar-refractivity contribution < 1.29 is 4.79 Å². The van der Waals surface area contributed by atoms with Crippen molar-refractivity contribution in [2.24, 2.45) is 0 Å². The third kappa shape index (κ3) is 2.40. The first-order valence-electron chi connectivity index (χ1n) is 3.99. The fraction of sp³-hybridized carbons (Fsp3) is 0.200. The second-order valence-electron chi connectivity index (χ2n) is 2.82. The Bertz CT molecular complexity index is 304. The molecule has 13 heavy (non-hydrogen) atoms. The standard InChI is InChI=1S/C10H12N2O/c1-12(2)10(5-7-13)9-4-3-6-11-8-9/h3-8H,1-2H3. The molecule has 0 atom stereocenters. The highest BCUT2D eigenvalue weighted by Crippen LogP contribution is 2.13. The largest absolute Gasteiger partial charge is 0.377 e. The second-order valence-corrected chi connectivity index (χ2v) is 2.82. The van der Waals surface area contributed by atoms with Gasteiger partial charge in [-0.15, -0.1) is 0 Å². The minimum absolute atomic E-state index is 0.780. The molecule has 0 N–H and O–H groups in total. The molecule has 0 aliphatic rings. The van der Waals surface area contributed by atoms with E-state index in [0.717, 1.165) is 17.5 Å². The molecular formula is C10H12N2O. The predicted molar refractivity (Wildman–Crippen MR) is 52.0 cm³/mol. The van der Waals surface area contributed by atoms with Crippen LogP contribution in [0, 0.1) is 0 Å². The summed E-state index contributed by atoms with van der Waals surface area (Å²) >= 11 is 0. The Balaban J connectivity index is 3.03. The molecule has 1 aromatic rings. The predicted octanol–water partition coefficient (Wildman–Crippen LogP) is 1.18. The molecule has 0 aromatic carbocycles. The lowest BCUT2D eigenvalue weighted by molar-refractivity contribution is -0.104. The maximum atomic E-state index is 10.4. The smallest absolute Gasteiger partial charge is 0.144 e. The fourth-order valence-corrected chi connectivity index (χ4v) is 1.08. The highest BCUT2D eigenvalue weighted by Gasteiger charge is 2.01. The molecule has 68 valence electrons. The molecule has 0 unspecified atom stereocenters. The number of allylic oxidation sites excluding steroid dienone is 1. The number of carbonyl (C=O) groups excluding carboxylic acids is 1. The maximum absolute atomic E-state index is 10.4. The van der Waals surface area contributed by atoms with Crippen LogP contribution in [0.25, 0.3) is 5.70 Å². The first kappa shape index (κ1) is 9.45. The summed E-state index contributed by atoms with van der Waals surface area (Å²) in [6.45, 7) is 0. The van der Waals surface area contributed by atoms with Crippen LogP contribution in [-0.2, 0) is 4.79 Å². The zero-order chi connectivity index (χ0) is 9.68. The molecular weight excluding hydrogens is 164 g/mol. The minimum Gasteiger partial charge on any atom is -0.377 e. The van der Waals surface area contributed by atoms with Crippen LogP contribution in [0.2, 0.25) is 0 Å². The van der Waals surface area contributed by atoms with Gasteiger partial charge in [-0.3, -0.25) is 9.78 Å². The summed E-state index contributed by atoms with van der Waals surface area (Å²) in [5.41, 5.74) is 1.81. The monoisotopic (exact) mass is 176 g/mol. The minimum atomic E-state index is 0.780. The molecule has 1 aromatic heterocycles. The van der Waals surface area contributed by atoms with E-state index in [0.29, 0.717) is 0 Å². The molecule has 0 fully saturated rings. The highest BCUT2D eigenvalue weighted by molar-refractivity contribution is 5.80. The van der Waals surface area contributed by atoms with E-state index < -0.39 is 0 Å². The number of nitrogens with zero attached hydrogens (tertiary/aromatic N) is 2. The van der Waals surface area contributed by atoms with Crippen molar-refractivity contribution in [3.8, 4) is 0 Å². The van der Waals surface area contributed by atoms with Crippen LogP contribution >= 0.6 is 0 Å². The molecule has 0 bridgehead atoms. The number of aromatic nitrogens is 1. The van der Waals surface area contributed by atoms with E-state index in [9.17, 15) is 4.79 Å². The van der Waals surface area contributed by atoms with Gasteiger partial charge in [0.15, 0.2) is 0 Å². The molecule has 3 nitrogen and oxygen atoms in total. The van der Waals surface area contributed by atoms with Crippen LogP contribution in [0.5, 0.6) is 0 Å². The van der Waals surface area contributed by atoms with Crippen LogP contribution in [0.3, 0.4) is 0 Å². The molecule has 1 heterocycles. The lowest BCUT2D eigenvalue weighted by atomic mass is 10.2. The molecule has 0 aliphatic carbocycles. The SMILES string of the molecule is CN(C)C(=CC=O)c1cccnc1. The topological polar surface area (TPSA) is 33.2 Å². The van der Waals surface area contributed by atoms with Gasteiger partial charge in [-0.2, -0.15) is 0 Å². The third-order valence-corrected chi connectivity index (χ3v) is 1.67. The molecule has 0 saturated carbocycles. The van der Waals surface area contributed by atoms with Gasteiger partial charge in [0.25, 0.3) is 0 Å². The van der Waals surface area contributed by atoms with E-state index in [1.54, 1.807) is 12.4 Å². The Kier molecular flexibility index (Phi) is 3.20. The summed E-state index contributed by atoms with van der Waals surface area (Å²) in [5.74, 6) is 0. The van der Waals surface area contributed by atoms with E-state index in [2.05, 4.69) is 4.98 Å². The van der Waals surface area contributed by atoms with Crippen LogP contribution in [0.4, 0.5) is 0 Å². The van der Waals surface area contributed by atoms with E-state index in [1.165, 1.54) is 6.08 Å². The van der Waals surface area contributed by atoms with Crippen molar-refractivity contribution >= 4 is 12.0 Å². The zero-order valence-electron chi connectivity index (χ0n) is 7.77. The maximum Gasteiger partial charge on any atom is 0.144 e. The van der Waals surface area contributed by atoms with Gasteiger partial charge in [0.1, 0.15) is 6.29 Å². The number of aldehydes is 1. The highest BCUT2D eigenvalue weighted by atomic mass is 16.1. The van der Waals surface area contributed by atoms with Crippen molar-refractivity contribution in [2.75, 3.05) is 14.1 Å². The Morgan fingerprint density at radius 3 is 2.77 bits per heavy atom. The zero-order valence-corrected chi connectivity index (χ0v) is 7.77. The van der Waals surface area contributed by atoms with Crippen molar-refractivity contribution in [2.45, 2.75) is 0 Å². The number of carbonyl (C=O) groups is 1. The Morgan fingerprint density at radius 1 is 1.54 bits per heavy atom. The summed E-state index contributed by atoms with van der Waals surface area (Å²) in [4.78, 5) is 16.2. The molecule has 0 spiro atoms. The quantitative estimate of drug-likeness (QED) is 0.512. The molecule has 1 rings (SSSR count). The van der Waals surface area contributed by atoms with E-state index in [-0.39, 0.29) is 0 Å². The third-order valence-electron chi connectivity index (χ3n) is 1.67. The van der Waals surface area contributed by atoms with Gasteiger partial charge in [0.05, 0.1) is 0 Å². The number of hydrogen-bond donors (Lipinski definition) is 0. The summed E-state index contributed by atoms with van der Waals surface area (Å²) in [5, 5.41) is 0. The second kappa shape index (κ2) is 4.40. The summed E-state index contributed by atoms with van der Waals surface area (Å²) in [7, 11) is 3.78. The first-order valence-corrected chi connectivity index (χ1v) is 3.99. The van der Waals surface area contributed by atoms with E-state index in [4.69, 9.17) is 0 Å². The van der Waals surface area contributed by atoms with Crippen molar-refractivity contribution in [1.82, 2.24) is 9.88 Å². The molecule has 3 heteroatoms. The summed E-state index contributed by atoms with van der Waals surface area (Å²) in [6, 6.07) is 3.76. The van der Waals surface area contributed by atoms with Gasteiger partial charge in [0, 0.05) is 43.8 Å². The summed E-state index contributed by atoms with van der Waals surface area (Å²) < 4.78 is 0. The van der Waals surface area contributed by atoms with Gasteiger partial charge >= 0.3 is 0 Å². The number of pyridine rings is 1. The number of hydrogen-bond acceptors (Lipinski definition) is 3. The first-order chi connectivity index (χ1) is 6.25. The average molecular weight is 176 g/mol. The number of rotatable bonds is 3. The Labute approximate surface area is 77.7 Å². The van der Waals surface area contributed by atoms with Gasteiger partial charge in [-0.25, -0.2) is 0 Å². The molecule has 0 radical (unpaired) electrons. The van der Waals surface area contributed by atoms with Crippen LogP contribution in [0.1, 0.15) is 5.56 Å². The van der Waals surface area contributed by atoms with Gasteiger partial charge < -0.3 is 4.90 Å². The van der Waals surface area contributed by atoms with E-state index >= 15 is 0 Å². The van der Waals surface area contributed by atoms with Gasteiger partial charge in [0.2, 0.25) is 0 Å². The average Bonchev–Trinajstić information content (AvgIpc) is 2.15. The van der Waals surface area contributed by atoms with Crippen molar-refractivity contribution in [3.05, 3.63) is 36.2 Å². The molecule has 0 aliphatic heterocycles.